The number of rotatable bonds is 3. The van der Waals surface area contributed by atoms with Gasteiger partial charge in [-0.3, -0.25) is 4.79 Å². The fraction of sp³-hybridized carbons (Fsp3) is 0.417. The first-order chi connectivity index (χ1) is 7.51. The molecule has 0 heterocycles. The highest BCUT2D eigenvalue weighted by molar-refractivity contribution is 9.10. The number of carbonyl (C=O) groups excluding carboxylic acids is 1. The van der Waals surface area contributed by atoms with Crippen molar-refractivity contribution in [1.82, 2.24) is 0 Å². The van der Waals surface area contributed by atoms with E-state index in [1.807, 2.05) is 0 Å². The second-order valence-electron chi connectivity index (χ2n) is 4.11. The Hall–Kier alpha value is -0.900. The van der Waals surface area contributed by atoms with Crippen molar-refractivity contribution >= 4 is 21.7 Å². The van der Waals surface area contributed by atoms with E-state index in [1.165, 1.54) is 13.2 Å². The zero-order chi connectivity index (χ0) is 11.9. The molecule has 16 heavy (non-hydrogen) atoms. The Morgan fingerprint density at radius 2 is 2.12 bits per heavy atom. The van der Waals surface area contributed by atoms with Crippen molar-refractivity contribution in [3.8, 4) is 5.75 Å². The molecule has 0 aliphatic heterocycles. The molecule has 1 saturated carbocycles. The molecule has 0 spiro atoms. The Morgan fingerprint density at radius 1 is 1.50 bits per heavy atom. The molecule has 2 rings (SSSR count). The molecule has 0 saturated heterocycles. The minimum absolute atomic E-state index is 0.0725. The van der Waals surface area contributed by atoms with Gasteiger partial charge in [-0.05, 0) is 31.9 Å². The van der Waals surface area contributed by atoms with Gasteiger partial charge in [0.1, 0.15) is 5.78 Å². The molecule has 0 radical (unpaired) electrons. The average Bonchev–Trinajstić information content (AvgIpc) is 2.97. The van der Waals surface area contributed by atoms with E-state index in [2.05, 4.69) is 15.9 Å². The monoisotopic (exact) mass is 286 g/mol. The van der Waals surface area contributed by atoms with Crippen LogP contribution in [0.1, 0.15) is 25.3 Å². The van der Waals surface area contributed by atoms with Crippen molar-refractivity contribution in [3.63, 3.8) is 0 Å². The lowest BCUT2D eigenvalue weighted by Crippen LogP contribution is -2.18. The summed E-state index contributed by atoms with van der Waals surface area (Å²) in [6.45, 7) is 1.55. The highest BCUT2D eigenvalue weighted by Gasteiger charge is 2.51. The zero-order valence-corrected chi connectivity index (χ0v) is 10.7. The second-order valence-corrected chi connectivity index (χ2v) is 5.02. The number of methoxy groups -OCH3 is 1. The largest absolute Gasteiger partial charge is 0.493 e. The molecule has 0 unspecified atom stereocenters. The van der Waals surface area contributed by atoms with Crippen LogP contribution >= 0.6 is 15.9 Å². The fourth-order valence-electron chi connectivity index (χ4n) is 2.06. The van der Waals surface area contributed by atoms with E-state index in [0.717, 1.165) is 12.8 Å². The van der Waals surface area contributed by atoms with Crippen LogP contribution in [0.5, 0.6) is 5.75 Å². The zero-order valence-electron chi connectivity index (χ0n) is 9.14. The predicted octanol–water partition coefficient (Wildman–Crippen LogP) is 3.22. The van der Waals surface area contributed by atoms with Gasteiger partial charge in [0.05, 0.1) is 12.5 Å². The lowest BCUT2D eigenvalue weighted by atomic mass is 9.91. The summed E-state index contributed by atoms with van der Waals surface area (Å²) in [5.74, 6) is -0.168. The van der Waals surface area contributed by atoms with Gasteiger partial charge in [-0.1, -0.05) is 15.9 Å². The van der Waals surface area contributed by atoms with Gasteiger partial charge >= 0.3 is 0 Å². The predicted molar refractivity (Wildman–Crippen MR) is 62.2 cm³/mol. The summed E-state index contributed by atoms with van der Waals surface area (Å²) in [5, 5.41) is 0. The van der Waals surface area contributed by atoms with Gasteiger partial charge in [0.25, 0.3) is 0 Å². The number of ether oxygens (including phenoxy) is 1. The van der Waals surface area contributed by atoms with Gasteiger partial charge in [0.15, 0.2) is 11.6 Å². The van der Waals surface area contributed by atoms with Gasteiger partial charge in [-0.25, -0.2) is 4.39 Å². The first-order valence-electron chi connectivity index (χ1n) is 5.06. The maximum absolute atomic E-state index is 13.7. The smallest absolute Gasteiger partial charge is 0.166 e. The SMILES string of the molecule is COc1c(F)cc(Br)cc1C1(C(C)=O)CC1. The topological polar surface area (TPSA) is 26.3 Å². The normalized spacial score (nSPS) is 17.0. The first-order valence-corrected chi connectivity index (χ1v) is 5.85. The number of benzene rings is 1. The highest BCUT2D eigenvalue weighted by Crippen LogP contribution is 2.53. The molecular formula is C12H12BrFO2. The molecular weight excluding hydrogens is 275 g/mol. The molecule has 0 N–H and O–H groups in total. The van der Waals surface area contributed by atoms with E-state index in [9.17, 15) is 9.18 Å². The minimum atomic E-state index is -0.518. The molecule has 0 bridgehead atoms. The molecule has 1 aromatic rings. The summed E-state index contributed by atoms with van der Waals surface area (Å²) in [5.41, 5.74) is 0.144. The van der Waals surface area contributed by atoms with E-state index in [-0.39, 0.29) is 11.5 Å². The summed E-state index contributed by atoms with van der Waals surface area (Å²) in [6.07, 6.45) is 1.54. The van der Waals surface area contributed by atoms with Crippen LogP contribution in [-0.4, -0.2) is 12.9 Å². The van der Waals surface area contributed by atoms with E-state index >= 15 is 0 Å². The van der Waals surface area contributed by atoms with E-state index in [1.54, 1.807) is 13.0 Å². The molecule has 0 atom stereocenters. The Bertz CT molecular complexity index is 453. The van der Waals surface area contributed by atoms with Crippen LogP contribution in [0, 0.1) is 5.82 Å². The molecule has 1 aromatic carbocycles. The summed E-state index contributed by atoms with van der Waals surface area (Å²) >= 11 is 3.24. The van der Waals surface area contributed by atoms with E-state index < -0.39 is 11.2 Å². The lowest BCUT2D eigenvalue weighted by Gasteiger charge is -2.17. The summed E-state index contributed by atoms with van der Waals surface area (Å²) in [7, 11) is 1.42. The van der Waals surface area contributed by atoms with Gasteiger partial charge < -0.3 is 4.74 Å². The van der Waals surface area contributed by atoms with Crippen LogP contribution < -0.4 is 4.74 Å². The molecule has 2 nitrogen and oxygen atoms in total. The molecule has 0 amide bonds. The van der Waals surface area contributed by atoms with E-state index in [4.69, 9.17) is 4.74 Å². The van der Waals surface area contributed by atoms with Crippen molar-refractivity contribution in [2.75, 3.05) is 7.11 Å². The van der Waals surface area contributed by atoms with Crippen LogP contribution in [0.3, 0.4) is 0 Å². The van der Waals surface area contributed by atoms with Crippen molar-refractivity contribution in [2.24, 2.45) is 0 Å². The lowest BCUT2D eigenvalue weighted by molar-refractivity contribution is -0.119. The van der Waals surface area contributed by atoms with Gasteiger partial charge in [0, 0.05) is 10.0 Å². The molecule has 4 heteroatoms. The Kier molecular flexibility index (Phi) is 2.78. The third kappa shape index (κ3) is 1.65. The molecule has 1 aliphatic carbocycles. The third-order valence-corrected chi connectivity index (χ3v) is 3.61. The van der Waals surface area contributed by atoms with Crippen LogP contribution in [0.4, 0.5) is 4.39 Å². The van der Waals surface area contributed by atoms with Crippen molar-refractivity contribution in [1.29, 1.82) is 0 Å². The second kappa shape index (κ2) is 3.84. The number of hydrogen-bond acceptors (Lipinski definition) is 2. The van der Waals surface area contributed by atoms with Crippen molar-refractivity contribution < 1.29 is 13.9 Å². The Morgan fingerprint density at radius 3 is 2.56 bits per heavy atom. The third-order valence-electron chi connectivity index (χ3n) is 3.15. The minimum Gasteiger partial charge on any atom is -0.493 e. The summed E-state index contributed by atoms with van der Waals surface area (Å²) in [6, 6.07) is 3.12. The van der Waals surface area contributed by atoms with Gasteiger partial charge in [-0.15, -0.1) is 0 Å². The number of Topliss-reactive ketones (excluding diaryl/α,β-unsaturated/α-hetero) is 1. The molecule has 86 valence electrons. The van der Waals surface area contributed by atoms with Gasteiger partial charge in [-0.2, -0.15) is 0 Å². The average molecular weight is 287 g/mol. The van der Waals surface area contributed by atoms with Crippen LogP contribution in [0.15, 0.2) is 16.6 Å². The summed E-state index contributed by atoms with van der Waals surface area (Å²) in [4.78, 5) is 11.6. The standard InChI is InChI=1S/C12H12BrFO2/c1-7(15)12(3-4-12)9-5-8(13)6-10(14)11(9)16-2/h5-6H,3-4H2,1-2H3. The van der Waals surface area contributed by atoms with Crippen LogP contribution in [-0.2, 0) is 10.2 Å². The quantitative estimate of drug-likeness (QED) is 0.853. The molecule has 1 fully saturated rings. The molecule has 0 aromatic heterocycles. The van der Waals surface area contributed by atoms with Crippen LogP contribution in [0.25, 0.3) is 0 Å². The summed E-state index contributed by atoms with van der Waals surface area (Å²) < 4.78 is 19.4. The number of carbonyl (C=O) groups is 1. The number of hydrogen-bond donors (Lipinski definition) is 0. The maximum atomic E-state index is 13.7. The maximum Gasteiger partial charge on any atom is 0.166 e. The van der Waals surface area contributed by atoms with Crippen molar-refractivity contribution in [3.05, 3.63) is 28.0 Å². The first kappa shape index (κ1) is 11.6. The molecule has 1 aliphatic rings. The highest BCUT2D eigenvalue weighted by atomic mass is 79.9. The Labute approximate surface area is 102 Å². The van der Waals surface area contributed by atoms with Crippen LogP contribution in [0.2, 0.25) is 0 Å². The van der Waals surface area contributed by atoms with Gasteiger partial charge in [0.2, 0.25) is 0 Å². The van der Waals surface area contributed by atoms with E-state index in [0.29, 0.717) is 10.0 Å². The number of halogens is 2. The number of ketones is 1. The van der Waals surface area contributed by atoms with Crippen molar-refractivity contribution in [2.45, 2.75) is 25.2 Å². The Balaban J connectivity index is 2.60. The fourth-order valence-corrected chi connectivity index (χ4v) is 2.49.